The van der Waals surface area contributed by atoms with Gasteiger partial charge in [0.1, 0.15) is 5.82 Å². The lowest BCUT2D eigenvalue weighted by atomic mass is 10.2. The van der Waals surface area contributed by atoms with E-state index in [4.69, 9.17) is 5.73 Å². The average Bonchev–Trinajstić information content (AvgIpc) is 2.23. The highest BCUT2D eigenvalue weighted by molar-refractivity contribution is 8.00. The summed E-state index contributed by atoms with van der Waals surface area (Å²) in [5.41, 5.74) is 6.88. The minimum absolute atomic E-state index is 0.0680. The molecule has 1 aromatic carbocycles. The van der Waals surface area contributed by atoms with Crippen molar-refractivity contribution in [1.82, 2.24) is 4.98 Å². The smallest absolute Gasteiger partial charge is 0.141 e. The van der Waals surface area contributed by atoms with Crippen molar-refractivity contribution in [3.63, 3.8) is 0 Å². The number of fused-ring (bicyclic) bond motifs is 1. The van der Waals surface area contributed by atoms with Crippen molar-refractivity contribution in [3.05, 3.63) is 30.2 Å². The van der Waals surface area contributed by atoms with Gasteiger partial charge in [0.05, 0.1) is 10.4 Å². The van der Waals surface area contributed by atoms with Crippen LogP contribution < -0.4 is 5.73 Å². The average molecular weight is 250 g/mol. The Hall–Kier alpha value is -1.29. The zero-order valence-corrected chi connectivity index (χ0v) is 10.9. The Morgan fingerprint density at radius 1 is 1.35 bits per heavy atom. The fourth-order valence-corrected chi connectivity index (χ4v) is 2.64. The zero-order chi connectivity index (χ0) is 12.6. The van der Waals surface area contributed by atoms with Gasteiger partial charge in [0.25, 0.3) is 0 Å². The van der Waals surface area contributed by atoms with Crippen LogP contribution in [0.25, 0.3) is 10.9 Å². The monoisotopic (exact) mass is 250 g/mol. The van der Waals surface area contributed by atoms with Crippen LogP contribution in [0.2, 0.25) is 0 Å². The molecule has 0 bridgehead atoms. The maximum atomic E-state index is 14.0. The molecule has 0 atom stereocenters. The lowest BCUT2D eigenvalue weighted by Gasteiger charge is -2.19. The summed E-state index contributed by atoms with van der Waals surface area (Å²) in [6.45, 7) is 6.13. The van der Waals surface area contributed by atoms with Gasteiger partial charge in [0, 0.05) is 22.0 Å². The molecule has 0 aliphatic carbocycles. The molecule has 4 heteroatoms. The molecule has 2 rings (SSSR count). The SMILES string of the molecule is CC(C)(C)Sc1c(F)cc(N)c2cccnc12. The number of halogens is 1. The summed E-state index contributed by atoms with van der Waals surface area (Å²) in [5, 5.41) is 0.806. The predicted molar refractivity (Wildman–Crippen MR) is 71.7 cm³/mol. The van der Waals surface area contributed by atoms with Crippen molar-refractivity contribution in [2.75, 3.05) is 5.73 Å². The number of aromatic nitrogens is 1. The van der Waals surface area contributed by atoms with Crippen LogP contribution in [-0.2, 0) is 0 Å². The summed E-state index contributed by atoms with van der Waals surface area (Å²) in [7, 11) is 0. The standard InChI is InChI=1S/C13H15FN2S/c1-13(2,3)17-12-9(14)7-10(15)8-5-4-6-16-11(8)12/h4-7H,15H2,1-3H3. The summed E-state index contributed by atoms with van der Waals surface area (Å²) in [6, 6.07) is 5.05. The molecule has 1 aromatic heterocycles. The Balaban J connectivity index is 2.69. The third-order valence-corrected chi connectivity index (χ3v) is 3.45. The molecule has 0 saturated heterocycles. The van der Waals surface area contributed by atoms with Crippen molar-refractivity contribution in [1.29, 1.82) is 0 Å². The van der Waals surface area contributed by atoms with Gasteiger partial charge in [-0.15, -0.1) is 11.8 Å². The Bertz CT molecular complexity index is 561. The maximum absolute atomic E-state index is 14.0. The topological polar surface area (TPSA) is 38.9 Å². The first-order chi connectivity index (χ1) is 7.88. The Morgan fingerprint density at radius 3 is 2.71 bits per heavy atom. The molecule has 0 saturated carbocycles. The van der Waals surface area contributed by atoms with Gasteiger partial charge < -0.3 is 5.73 Å². The van der Waals surface area contributed by atoms with Gasteiger partial charge in [-0.2, -0.15) is 0 Å². The highest BCUT2D eigenvalue weighted by Crippen LogP contribution is 2.39. The van der Waals surface area contributed by atoms with Gasteiger partial charge in [-0.3, -0.25) is 4.98 Å². The van der Waals surface area contributed by atoms with E-state index >= 15 is 0 Å². The predicted octanol–water partition coefficient (Wildman–Crippen LogP) is 3.85. The van der Waals surface area contributed by atoms with Gasteiger partial charge in [-0.25, -0.2) is 4.39 Å². The van der Waals surface area contributed by atoms with Gasteiger partial charge in [0.2, 0.25) is 0 Å². The van der Waals surface area contributed by atoms with Crippen LogP contribution >= 0.6 is 11.8 Å². The fraction of sp³-hybridized carbons (Fsp3) is 0.308. The van der Waals surface area contributed by atoms with Crippen LogP contribution in [-0.4, -0.2) is 9.73 Å². The summed E-state index contributed by atoms with van der Waals surface area (Å²) in [5.74, 6) is -0.298. The molecule has 0 unspecified atom stereocenters. The van der Waals surface area contributed by atoms with E-state index in [1.54, 1.807) is 6.20 Å². The Labute approximate surface area is 104 Å². The number of nitrogens with two attached hydrogens (primary N) is 1. The molecule has 2 N–H and O–H groups in total. The van der Waals surface area contributed by atoms with E-state index in [1.165, 1.54) is 17.8 Å². The van der Waals surface area contributed by atoms with Gasteiger partial charge >= 0.3 is 0 Å². The summed E-state index contributed by atoms with van der Waals surface area (Å²) < 4.78 is 13.9. The molecule has 2 nitrogen and oxygen atoms in total. The van der Waals surface area contributed by atoms with Crippen LogP contribution in [0.1, 0.15) is 20.8 Å². The number of nitrogens with zero attached hydrogens (tertiary/aromatic N) is 1. The number of thioether (sulfide) groups is 1. The molecule has 0 fully saturated rings. The van der Waals surface area contributed by atoms with Crippen LogP contribution in [0, 0.1) is 5.82 Å². The number of anilines is 1. The molecule has 0 aliphatic rings. The third-order valence-electron chi connectivity index (χ3n) is 2.24. The van der Waals surface area contributed by atoms with E-state index in [9.17, 15) is 4.39 Å². The van der Waals surface area contributed by atoms with Crippen LogP contribution in [0.5, 0.6) is 0 Å². The molecule has 17 heavy (non-hydrogen) atoms. The van der Waals surface area contributed by atoms with E-state index < -0.39 is 0 Å². The Morgan fingerprint density at radius 2 is 2.06 bits per heavy atom. The molecule has 1 heterocycles. The number of hydrogen-bond donors (Lipinski definition) is 1. The minimum Gasteiger partial charge on any atom is -0.398 e. The zero-order valence-electron chi connectivity index (χ0n) is 10.1. The largest absolute Gasteiger partial charge is 0.398 e. The fourth-order valence-electron chi connectivity index (χ4n) is 1.62. The minimum atomic E-state index is -0.298. The van der Waals surface area contributed by atoms with Crippen molar-refractivity contribution >= 4 is 28.4 Å². The molecular weight excluding hydrogens is 235 g/mol. The molecule has 2 aromatic rings. The van der Waals surface area contributed by atoms with E-state index in [0.717, 1.165) is 5.39 Å². The first-order valence-electron chi connectivity index (χ1n) is 5.40. The van der Waals surface area contributed by atoms with E-state index in [2.05, 4.69) is 4.98 Å². The third kappa shape index (κ3) is 2.52. The number of benzene rings is 1. The highest BCUT2D eigenvalue weighted by Gasteiger charge is 2.19. The van der Waals surface area contributed by atoms with Gasteiger partial charge in [-0.1, -0.05) is 20.8 Å². The number of rotatable bonds is 1. The lowest BCUT2D eigenvalue weighted by Crippen LogP contribution is -2.08. The number of nitrogen functional groups attached to an aromatic ring is 1. The van der Waals surface area contributed by atoms with Crippen molar-refractivity contribution in [2.45, 2.75) is 30.4 Å². The second kappa shape index (κ2) is 4.18. The van der Waals surface area contributed by atoms with Crippen molar-refractivity contribution < 1.29 is 4.39 Å². The first kappa shape index (κ1) is 12.2. The van der Waals surface area contributed by atoms with Crippen LogP contribution in [0.15, 0.2) is 29.3 Å². The Kier molecular flexibility index (Phi) is 3.00. The van der Waals surface area contributed by atoms with Gasteiger partial charge in [-0.05, 0) is 18.2 Å². The first-order valence-corrected chi connectivity index (χ1v) is 6.22. The molecule has 90 valence electrons. The molecule has 0 spiro atoms. The van der Waals surface area contributed by atoms with E-state index in [-0.39, 0.29) is 10.6 Å². The molecular formula is C13H15FN2S. The second-order valence-electron chi connectivity index (χ2n) is 4.89. The molecule has 0 aliphatic heterocycles. The van der Waals surface area contributed by atoms with Gasteiger partial charge in [0.15, 0.2) is 0 Å². The summed E-state index contributed by atoms with van der Waals surface area (Å²) >= 11 is 1.47. The highest BCUT2D eigenvalue weighted by atomic mass is 32.2. The summed E-state index contributed by atoms with van der Waals surface area (Å²) in [6.07, 6.45) is 1.66. The van der Waals surface area contributed by atoms with Crippen LogP contribution in [0.4, 0.5) is 10.1 Å². The second-order valence-corrected chi connectivity index (χ2v) is 6.73. The quantitative estimate of drug-likeness (QED) is 0.617. The van der Waals surface area contributed by atoms with Crippen molar-refractivity contribution in [3.8, 4) is 0 Å². The molecule has 0 radical (unpaired) electrons. The molecule has 0 amide bonds. The van der Waals surface area contributed by atoms with E-state index in [1.807, 2.05) is 32.9 Å². The maximum Gasteiger partial charge on any atom is 0.141 e. The lowest BCUT2D eigenvalue weighted by molar-refractivity contribution is 0.604. The normalized spacial score (nSPS) is 12.0. The number of hydrogen-bond acceptors (Lipinski definition) is 3. The van der Waals surface area contributed by atoms with Crippen molar-refractivity contribution in [2.24, 2.45) is 0 Å². The summed E-state index contributed by atoms with van der Waals surface area (Å²) in [4.78, 5) is 4.82. The van der Waals surface area contributed by atoms with Crippen LogP contribution in [0.3, 0.4) is 0 Å². The number of pyridine rings is 1. The van der Waals surface area contributed by atoms with E-state index in [0.29, 0.717) is 16.1 Å².